The summed E-state index contributed by atoms with van der Waals surface area (Å²) in [5.41, 5.74) is 0.156. The van der Waals surface area contributed by atoms with E-state index >= 15 is 0 Å². The maximum absolute atomic E-state index is 11.4. The van der Waals surface area contributed by atoms with Crippen molar-refractivity contribution in [2.75, 3.05) is 0 Å². The number of hydrogen-bond donors (Lipinski definition) is 1. The van der Waals surface area contributed by atoms with E-state index in [2.05, 4.69) is 32.6 Å². The van der Waals surface area contributed by atoms with E-state index in [1.807, 2.05) is 6.08 Å². The van der Waals surface area contributed by atoms with Crippen molar-refractivity contribution in [2.24, 2.45) is 34.5 Å². The van der Waals surface area contributed by atoms with Crippen molar-refractivity contribution in [3.8, 4) is 0 Å². The smallest absolute Gasteiger partial charge is 0.0738 e. The van der Waals surface area contributed by atoms with Gasteiger partial charge < -0.3 is 5.11 Å². The van der Waals surface area contributed by atoms with E-state index in [0.29, 0.717) is 5.41 Å². The van der Waals surface area contributed by atoms with Crippen LogP contribution < -0.4 is 0 Å². The average Bonchev–Trinajstić information content (AvgIpc) is 2.79. The number of hydrogen-bond acceptors (Lipinski definition) is 1. The van der Waals surface area contributed by atoms with Gasteiger partial charge in [-0.25, -0.2) is 0 Å². The Morgan fingerprint density at radius 3 is 2.65 bits per heavy atom. The Labute approximate surface area is 142 Å². The summed E-state index contributed by atoms with van der Waals surface area (Å²) in [6.45, 7) is 8.91. The first kappa shape index (κ1) is 15.9. The van der Waals surface area contributed by atoms with Crippen LogP contribution in [-0.2, 0) is 0 Å². The fourth-order valence-electron chi connectivity index (χ4n) is 7.52. The molecule has 7 atom stereocenters. The standard InChI is InChI=1S/C22H34O/c1-4-12-22(23)15-11-19-17-9-8-16-7-5-6-13-20(16,2)18(17)10-14-21(19,22)3/h4-6,16-19,23H,1,7-15H2,2-3H3. The highest BCUT2D eigenvalue weighted by atomic mass is 16.3. The van der Waals surface area contributed by atoms with Crippen LogP contribution in [0.5, 0.6) is 0 Å². The fraction of sp³-hybridized carbons (Fsp3) is 0.818. The molecule has 128 valence electrons. The minimum atomic E-state index is -0.491. The zero-order chi connectivity index (χ0) is 16.3. The maximum Gasteiger partial charge on any atom is 0.0738 e. The molecule has 1 heteroatoms. The summed E-state index contributed by atoms with van der Waals surface area (Å²) in [5.74, 6) is 3.37. The van der Waals surface area contributed by atoms with Crippen LogP contribution in [0.25, 0.3) is 0 Å². The highest BCUT2D eigenvalue weighted by Gasteiger charge is 2.63. The van der Waals surface area contributed by atoms with E-state index in [1.54, 1.807) is 0 Å². The summed E-state index contributed by atoms with van der Waals surface area (Å²) in [4.78, 5) is 0. The van der Waals surface area contributed by atoms with Gasteiger partial charge in [0.1, 0.15) is 0 Å². The van der Waals surface area contributed by atoms with E-state index < -0.39 is 5.60 Å². The summed E-state index contributed by atoms with van der Waals surface area (Å²) in [6, 6.07) is 0. The van der Waals surface area contributed by atoms with Crippen LogP contribution in [0.4, 0.5) is 0 Å². The molecule has 0 aromatic carbocycles. The second kappa shape index (κ2) is 5.22. The molecule has 1 nitrogen and oxygen atoms in total. The minimum absolute atomic E-state index is 0.121. The van der Waals surface area contributed by atoms with Crippen LogP contribution in [-0.4, -0.2) is 10.7 Å². The van der Waals surface area contributed by atoms with Crippen molar-refractivity contribution in [1.29, 1.82) is 0 Å². The molecule has 3 fully saturated rings. The van der Waals surface area contributed by atoms with E-state index in [9.17, 15) is 5.11 Å². The third-order valence-corrected chi connectivity index (χ3v) is 9.01. The molecule has 3 saturated carbocycles. The molecule has 23 heavy (non-hydrogen) atoms. The van der Waals surface area contributed by atoms with Gasteiger partial charge in [-0.2, -0.15) is 0 Å². The molecular formula is C22H34O. The lowest BCUT2D eigenvalue weighted by molar-refractivity contribution is -0.143. The van der Waals surface area contributed by atoms with Crippen molar-refractivity contribution in [1.82, 2.24) is 0 Å². The van der Waals surface area contributed by atoms with Crippen molar-refractivity contribution >= 4 is 0 Å². The van der Waals surface area contributed by atoms with Crippen LogP contribution in [0, 0.1) is 34.5 Å². The average molecular weight is 315 g/mol. The number of rotatable bonds is 2. The highest BCUT2D eigenvalue weighted by Crippen LogP contribution is 2.68. The molecule has 0 aromatic heterocycles. The SMILES string of the molecule is C=CCC1(O)CCC2C3CCC4CC=CCC4(C)C3CCC21C. The van der Waals surface area contributed by atoms with E-state index in [-0.39, 0.29) is 5.41 Å². The molecule has 4 rings (SSSR count). The normalized spacial score (nSPS) is 54.9. The lowest BCUT2D eigenvalue weighted by atomic mass is 9.45. The molecule has 0 saturated heterocycles. The topological polar surface area (TPSA) is 20.2 Å². The largest absolute Gasteiger partial charge is 0.389 e. The number of aliphatic hydroxyl groups is 1. The highest BCUT2D eigenvalue weighted by molar-refractivity contribution is 5.16. The molecule has 0 spiro atoms. The first-order valence-electron chi connectivity index (χ1n) is 9.93. The summed E-state index contributed by atoms with van der Waals surface area (Å²) < 4.78 is 0. The van der Waals surface area contributed by atoms with Crippen molar-refractivity contribution in [3.05, 3.63) is 24.8 Å². The van der Waals surface area contributed by atoms with Crippen molar-refractivity contribution < 1.29 is 5.11 Å². The molecule has 0 aromatic rings. The predicted molar refractivity (Wildman–Crippen MR) is 96.0 cm³/mol. The third kappa shape index (κ3) is 2.01. The monoisotopic (exact) mass is 314 g/mol. The van der Waals surface area contributed by atoms with Crippen LogP contribution in [0.3, 0.4) is 0 Å². The lowest BCUT2D eigenvalue weighted by Gasteiger charge is -2.60. The summed E-state index contributed by atoms with van der Waals surface area (Å²) in [6.07, 6.45) is 17.8. The van der Waals surface area contributed by atoms with Gasteiger partial charge in [-0.1, -0.05) is 32.1 Å². The second-order valence-electron chi connectivity index (χ2n) is 9.59. The van der Waals surface area contributed by atoms with E-state index in [0.717, 1.165) is 36.5 Å². The van der Waals surface area contributed by atoms with Gasteiger partial charge in [0, 0.05) is 0 Å². The van der Waals surface area contributed by atoms with Gasteiger partial charge in [0.05, 0.1) is 5.60 Å². The van der Waals surface area contributed by atoms with E-state index in [1.165, 1.54) is 44.9 Å². The maximum atomic E-state index is 11.4. The molecule has 0 radical (unpaired) electrons. The Morgan fingerprint density at radius 1 is 1.09 bits per heavy atom. The Bertz CT molecular complexity index is 522. The van der Waals surface area contributed by atoms with E-state index in [4.69, 9.17) is 0 Å². The number of allylic oxidation sites excluding steroid dienone is 2. The molecule has 0 heterocycles. The molecular weight excluding hydrogens is 280 g/mol. The van der Waals surface area contributed by atoms with Gasteiger partial charge in [0.2, 0.25) is 0 Å². The fourth-order valence-corrected chi connectivity index (χ4v) is 7.52. The van der Waals surface area contributed by atoms with Gasteiger partial charge in [-0.05, 0) is 92.3 Å². The first-order valence-corrected chi connectivity index (χ1v) is 9.93. The Balaban J connectivity index is 1.65. The summed E-state index contributed by atoms with van der Waals surface area (Å²) >= 11 is 0. The van der Waals surface area contributed by atoms with Crippen LogP contribution in [0.1, 0.15) is 71.6 Å². The van der Waals surface area contributed by atoms with Gasteiger partial charge in [-0.3, -0.25) is 0 Å². The van der Waals surface area contributed by atoms with Gasteiger partial charge in [-0.15, -0.1) is 6.58 Å². The summed E-state index contributed by atoms with van der Waals surface area (Å²) in [7, 11) is 0. The van der Waals surface area contributed by atoms with Crippen molar-refractivity contribution in [2.45, 2.75) is 77.2 Å². The van der Waals surface area contributed by atoms with Gasteiger partial charge >= 0.3 is 0 Å². The number of fused-ring (bicyclic) bond motifs is 5. The third-order valence-electron chi connectivity index (χ3n) is 9.01. The molecule has 4 aliphatic carbocycles. The lowest BCUT2D eigenvalue weighted by Crippen LogP contribution is -2.55. The van der Waals surface area contributed by atoms with Crippen molar-refractivity contribution in [3.63, 3.8) is 0 Å². The molecule has 0 bridgehead atoms. The zero-order valence-corrected chi connectivity index (χ0v) is 15.1. The van der Waals surface area contributed by atoms with Crippen LogP contribution in [0.15, 0.2) is 24.8 Å². The Morgan fingerprint density at radius 2 is 1.87 bits per heavy atom. The molecule has 4 aliphatic rings. The minimum Gasteiger partial charge on any atom is -0.389 e. The van der Waals surface area contributed by atoms with Crippen LogP contribution in [0.2, 0.25) is 0 Å². The Kier molecular flexibility index (Phi) is 3.61. The Hall–Kier alpha value is -0.560. The zero-order valence-electron chi connectivity index (χ0n) is 15.1. The molecule has 0 aliphatic heterocycles. The first-order chi connectivity index (χ1) is 10.9. The molecule has 1 N–H and O–H groups in total. The van der Waals surface area contributed by atoms with Gasteiger partial charge in [0.25, 0.3) is 0 Å². The molecule has 7 unspecified atom stereocenters. The quantitative estimate of drug-likeness (QED) is 0.667. The van der Waals surface area contributed by atoms with Gasteiger partial charge in [0.15, 0.2) is 0 Å². The predicted octanol–water partition coefficient (Wildman–Crippen LogP) is 5.50. The van der Waals surface area contributed by atoms with Crippen LogP contribution >= 0.6 is 0 Å². The summed E-state index contributed by atoms with van der Waals surface area (Å²) in [5, 5.41) is 11.4. The second-order valence-corrected chi connectivity index (χ2v) is 9.59. The molecule has 0 amide bonds.